The van der Waals surface area contributed by atoms with E-state index in [-0.39, 0.29) is 11.8 Å². The number of phenolic OH excluding ortho intramolecular Hbond substituents is 1. The Bertz CT molecular complexity index is 755. The fourth-order valence-electron chi connectivity index (χ4n) is 6.20. The smallest absolute Gasteiger partial charge is 0.303 e. The van der Waals surface area contributed by atoms with E-state index in [0.29, 0.717) is 18.1 Å². The van der Waals surface area contributed by atoms with Crippen molar-refractivity contribution in [3.63, 3.8) is 0 Å². The molecule has 3 rings (SSSR count). The summed E-state index contributed by atoms with van der Waals surface area (Å²) >= 11 is 0. The van der Waals surface area contributed by atoms with Crippen molar-refractivity contribution in [2.75, 3.05) is 0 Å². The summed E-state index contributed by atoms with van der Waals surface area (Å²) in [6.45, 7) is 0. The fourth-order valence-corrected chi connectivity index (χ4v) is 6.20. The molecular weight excluding hydrogens is 408 g/mol. The van der Waals surface area contributed by atoms with E-state index in [1.807, 2.05) is 12.1 Å². The van der Waals surface area contributed by atoms with Gasteiger partial charge in [-0.25, -0.2) is 0 Å². The van der Waals surface area contributed by atoms with Crippen molar-refractivity contribution in [1.29, 1.82) is 0 Å². The summed E-state index contributed by atoms with van der Waals surface area (Å²) < 4.78 is 0. The number of aromatic hydroxyl groups is 1. The van der Waals surface area contributed by atoms with Gasteiger partial charge in [0, 0.05) is 6.42 Å². The van der Waals surface area contributed by atoms with Crippen LogP contribution in [0.3, 0.4) is 0 Å². The van der Waals surface area contributed by atoms with Crippen LogP contribution in [0.4, 0.5) is 0 Å². The second-order valence-corrected chi connectivity index (χ2v) is 10.4. The maximum Gasteiger partial charge on any atom is 0.303 e. The van der Waals surface area contributed by atoms with Crippen LogP contribution in [0.1, 0.15) is 108 Å². The van der Waals surface area contributed by atoms with Crippen LogP contribution < -0.4 is 0 Å². The monoisotopic (exact) mass is 452 g/mol. The summed E-state index contributed by atoms with van der Waals surface area (Å²) in [5.41, 5.74) is 1.56. The quantitative estimate of drug-likeness (QED) is 0.220. The second kappa shape index (κ2) is 13.6. The molecule has 0 radical (unpaired) electrons. The number of aliphatic carboxylic acids is 1. The highest BCUT2D eigenvalue weighted by Gasteiger charge is 2.40. The zero-order valence-electron chi connectivity index (χ0n) is 20.4. The highest BCUT2D eigenvalue weighted by Crippen LogP contribution is 2.48. The third kappa shape index (κ3) is 8.05. The number of carboxylic acids is 1. The van der Waals surface area contributed by atoms with E-state index in [9.17, 15) is 9.90 Å². The average Bonchev–Trinajstić information content (AvgIpc) is 3.34. The van der Waals surface area contributed by atoms with E-state index in [0.717, 1.165) is 12.3 Å². The molecule has 0 amide bonds. The third-order valence-corrected chi connectivity index (χ3v) is 8.07. The number of benzene rings is 1. The first kappa shape index (κ1) is 25.6. The lowest BCUT2D eigenvalue weighted by atomic mass is 9.60. The maximum atomic E-state index is 10.9. The Morgan fingerprint density at radius 3 is 2.48 bits per heavy atom. The topological polar surface area (TPSA) is 57.5 Å². The van der Waals surface area contributed by atoms with Gasteiger partial charge in [-0.15, -0.1) is 0 Å². The van der Waals surface area contributed by atoms with Gasteiger partial charge in [0.05, 0.1) is 0 Å². The van der Waals surface area contributed by atoms with Crippen LogP contribution in [-0.2, 0) is 10.2 Å². The lowest BCUT2D eigenvalue weighted by Crippen LogP contribution is -2.37. The first-order valence-electron chi connectivity index (χ1n) is 13.4. The molecule has 1 saturated carbocycles. The minimum Gasteiger partial charge on any atom is -0.508 e. The van der Waals surface area contributed by atoms with E-state index < -0.39 is 5.97 Å². The predicted molar refractivity (Wildman–Crippen MR) is 137 cm³/mol. The zero-order chi connectivity index (χ0) is 23.4. The van der Waals surface area contributed by atoms with Crippen LogP contribution in [0.15, 0.2) is 48.6 Å². The lowest BCUT2D eigenvalue weighted by Gasteiger charge is -2.44. The molecule has 2 atom stereocenters. The van der Waals surface area contributed by atoms with Gasteiger partial charge in [-0.05, 0) is 86.3 Å². The van der Waals surface area contributed by atoms with Gasteiger partial charge < -0.3 is 10.2 Å². The summed E-state index contributed by atoms with van der Waals surface area (Å²) in [5.74, 6) is 1.01. The maximum absolute atomic E-state index is 10.9. The lowest BCUT2D eigenvalue weighted by molar-refractivity contribution is -0.136. The highest BCUT2D eigenvalue weighted by molar-refractivity contribution is 5.66. The summed E-state index contributed by atoms with van der Waals surface area (Å²) in [6.07, 6.45) is 27.7. The van der Waals surface area contributed by atoms with Crippen molar-refractivity contribution < 1.29 is 15.0 Å². The van der Waals surface area contributed by atoms with Crippen LogP contribution in [0.25, 0.3) is 0 Å². The first-order chi connectivity index (χ1) is 16.1. The SMILES string of the molecule is O=C(O)CCC=CC[C@H](CCCCCC[C@H]1C=CCC1)C1(c2ccc(O)cc2)CCCCC1. The van der Waals surface area contributed by atoms with Crippen molar-refractivity contribution in [3.8, 4) is 5.75 Å². The molecule has 2 aliphatic rings. The molecule has 0 bridgehead atoms. The molecule has 0 aromatic heterocycles. The second-order valence-electron chi connectivity index (χ2n) is 10.4. The van der Waals surface area contributed by atoms with Gasteiger partial charge in [0.2, 0.25) is 0 Å². The van der Waals surface area contributed by atoms with Gasteiger partial charge in [0.1, 0.15) is 5.75 Å². The van der Waals surface area contributed by atoms with Crippen molar-refractivity contribution in [3.05, 3.63) is 54.1 Å². The molecule has 0 aliphatic heterocycles. The molecule has 0 saturated heterocycles. The van der Waals surface area contributed by atoms with E-state index in [1.54, 1.807) is 0 Å². The average molecular weight is 453 g/mol. The molecule has 33 heavy (non-hydrogen) atoms. The minimum absolute atomic E-state index is 0.178. The molecule has 1 aromatic carbocycles. The normalized spacial score (nSPS) is 20.9. The highest BCUT2D eigenvalue weighted by atomic mass is 16.4. The van der Waals surface area contributed by atoms with Gasteiger partial charge in [-0.2, -0.15) is 0 Å². The van der Waals surface area contributed by atoms with Crippen LogP contribution in [0.5, 0.6) is 5.75 Å². The number of unbranched alkanes of at least 4 members (excludes halogenated alkanes) is 3. The van der Waals surface area contributed by atoms with E-state index in [2.05, 4.69) is 36.4 Å². The standard InChI is InChI=1S/C30H44O3/c31-28-21-19-27(20-22-28)30(23-11-4-12-24-30)26(17-7-3-8-18-29(32)33)16-6-2-1-5-13-25-14-9-10-15-25/h3,7,9,14,19-22,25-26,31H,1-2,4-6,8,10-13,15-18,23-24H2,(H,32,33)/t25-,26-/m0/s1. The predicted octanol–water partition coefficient (Wildman–Crippen LogP) is 8.33. The zero-order valence-corrected chi connectivity index (χ0v) is 20.4. The number of hydrogen-bond donors (Lipinski definition) is 2. The number of hydrogen-bond acceptors (Lipinski definition) is 2. The van der Waals surface area contributed by atoms with Gasteiger partial charge in [-0.3, -0.25) is 4.79 Å². The Labute approximate surface area is 201 Å². The summed E-state index contributed by atoms with van der Waals surface area (Å²) in [7, 11) is 0. The van der Waals surface area contributed by atoms with Crippen LogP contribution in [-0.4, -0.2) is 16.2 Å². The number of carboxylic acid groups (broad SMARTS) is 1. The van der Waals surface area contributed by atoms with Crippen molar-refractivity contribution in [2.24, 2.45) is 11.8 Å². The summed E-state index contributed by atoms with van der Waals surface area (Å²) in [5, 5.41) is 18.8. The molecule has 2 N–H and O–H groups in total. The molecule has 0 heterocycles. The molecule has 1 aromatic rings. The van der Waals surface area contributed by atoms with Crippen LogP contribution in [0.2, 0.25) is 0 Å². The van der Waals surface area contributed by atoms with E-state index in [1.165, 1.54) is 89.0 Å². The third-order valence-electron chi connectivity index (χ3n) is 8.07. The van der Waals surface area contributed by atoms with Crippen LogP contribution >= 0.6 is 0 Å². The molecule has 3 heteroatoms. The Morgan fingerprint density at radius 1 is 1.03 bits per heavy atom. The van der Waals surface area contributed by atoms with Gasteiger partial charge in [0.15, 0.2) is 0 Å². The number of carbonyl (C=O) groups is 1. The Morgan fingerprint density at radius 2 is 1.79 bits per heavy atom. The number of phenols is 1. The van der Waals surface area contributed by atoms with Gasteiger partial charge in [-0.1, -0.05) is 81.4 Å². The van der Waals surface area contributed by atoms with E-state index in [4.69, 9.17) is 5.11 Å². The first-order valence-corrected chi connectivity index (χ1v) is 13.4. The largest absolute Gasteiger partial charge is 0.508 e. The summed E-state index contributed by atoms with van der Waals surface area (Å²) in [6, 6.07) is 8.00. The van der Waals surface area contributed by atoms with Crippen molar-refractivity contribution in [2.45, 2.75) is 108 Å². The Hall–Kier alpha value is -2.03. The van der Waals surface area contributed by atoms with Gasteiger partial charge >= 0.3 is 5.97 Å². The molecule has 0 unspecified atom stereocenters. The summed E-state index contributed by atoms with van der Waals surface area (Å²) in [4.78, 5) is 10.9. The Kier molecular flexibility index (Phi) is 10.6. The molecular formula is C30H44O3. The number of allylic oxidation sites excluding steroid dienone is 4. The molecule has 3 nitrogen and oxygen atoms in total. The molecule has 0 spiro atoms. The van der Waals surface area contributed by atoms with Crippen LogP contribution in [0, 0.1) is 11.8 Å². The molecule has 2 aliphatic carbocycles. The van der Waals surface area contributed by atoms with E-state index >= 15 is 0 Å². The van der Waals surface area contributed by atoms with Crippen molar-refractivity contribution >= 4 is 5.97 Å². The Balaban J connectivity index is 1.62. The fraction of sp³-hybridized carbons (Fsp3) is 0.633. The minimum atomic E-state index is -0.725. The molecule has 182 valence electrons. The van der Waals surface area contributed by atoms with Crippen molar-refractivity contribution in [1.82, 2.24) is 0 Å². The number of rotatable bonds is 14. The van der Waals surface area contributed by atoms with Gasteiger partial charge in [0.25, 0.3) is 0 Å². The molecule has 1 fully saturated rings.